The Bertz CT molecular complexity index is 283. The Morgan fingerprint density at radius 2 is 2.11 bits per heavy atom. The van der Waals surface area contributed by atoms with Crippen molar-refractivity contribution in [3.63, 3.8) is 0 Å². The van der Waals surface area contributed by atoms with Gasteiger partial charge in [0.1, 0.15) is 0 Å². The number of hydrogen-bond donors (Lipinski definition) is 1. The van der Waals surface area contributed by atoms with Crippen LogP contribution in [0.4, 0.5) is 0 Å². The summed E-state index contributed by atoms with van der Waals surface area (Å²) in [4.78, 5) is 14.3. The number of nitrogens with zero attached hydrogens (tertiary/aromatic N) is 1. The Labute approximate surface area is 122 Å². The minimum Gasteiger partial charge on any atom is -0.381 e. The first kappa shape index (κ1) is 16.7. The molecule has 3 atom stereocenters. The molecule has 19 heavy (non-hydrogen) atoms. The third-order valence-electron chi connectivity index (χ3n) is 4.23. The quantitative estimate of drug-likeness (QED) is 0.862. The van der Waals surface area contributed by atoms with Crippen molar-refractivity contribution in [1.82, 2.24) is 4.90 Å². The van der Waals surface area contributed by atoms with Gasteiger partial charge in [0.2, 0.25) is 5.91 Å². The Balaban J connectivity index is 0.00000180. The van der Waals surface area contributed by atoms with E-state index in [2.05, 4.69) is 0 Å². The van der Waals surface area contributed by atoms with Crippen LogP contribution in [-0.4, -0.2) is 43.7 Å². The smallest absolute Gasteiger partial charge is 0.225 e. The summed E-state index contributed by atoms with van der Waals surface area (Å²) in [6.07, 6.45) is 6.35. The van der Waals surface area contributed by atoms with Gasteiger partial charge in [-0.25, -0.2) is 0 Å². The number of ether oxygens (including phenoxy) is 1. The summed E-state index contributed by atoms with van der Waals surface area (Å²) in [5, 5.41) is 0. The van der Waals surface area contributed by atoms with Gasteiger partial charge < -0.3 is 15.4 Å². The molecular weight excluding hydrogens is 264 g/mol. The number of rotatable bonds is 3. The molecule has 0 aromatic rings. The predicted octanol–water partition coefficient (Wildman–Crippen LogP) is 1.81. The number of carbonyl (C=O) groups excluding carboxylic acids is 1. The van der Waals surface area contributed by atoms with Gasteiger partial charge in [-0.1, -0.05) is 6.42 Å². The molecule has 1 saturated carbocycles. The lowest BCUT2D eigenvalue weighted by molar-refractivity contribution is -0.136. The minimum absolute atomic E-state index is 0. The van der Waals surface area contributed by atoms with Gasteiger partial charge in [0.25, 0.3) is 0 Å². The lowest BCUT2D eigenvalue weighted by Gasteiger charge is -2.32. The molecule has 1 aliphatic heterocycles. The molecule has 0 radical (unpaired) electrons. The van der Waals surface area contributed by atoms with Gasteiger partial charge in [-0.15, -0.1) is 12.4 Å². The fourth-order valence-corrected chi connectivity index (χ4v) is 3.19. The molecule has 0 spiro atoms. The molecule has 112 valence electrons. The second-order valence-electron chi connectivity index (χ2n) is 5.93. The standard InChI is InChI=1S/C14H26N2O2.ClH/c1-16(9-11-4-3-7-18-10-11)14(17)12-5-2-6-13(15)8-12;/h11-13H,2-10,15H2,1H3;1H. The molecule has 5 heteroatoms. The van der Waals surface area contributed by atoms with Crippen LogP contribution in [0.2, 0.25) is 0 Å². The number of hydrogen-bond acceptors (Lipinski definition) is 3. The summed E-state index contributed by atoms with van der Waals surface area (Å²) in [5.41, 5.74) is 5.96. The van der Waals surface area contributed by atoms with E-state index in [0.717, 1.165) is 51.9 Å². The highest BCUT2D eigenvalue weighted by Crippen LogP contribution is 2.25. The average molecular weight is 291 g/mol. The summed E-state index contributed by atoms with van der Waals surface area (Å²) < 4.78 is 5.47. The van der Waals surface area contributed by atoms with E-state index in [1.54, 1.807) is 0 Å². The molecule has 2 aliphatic rings. The molecule has 1 aliphatic carbocycles. The highest BCUT2D eigenvalue weighted by atomic mass is 35.5. The van der Waals surface area contributed by atoms with Crippen molar-refractivity contribution >= 4 is 18.3 Å². The molecule has 2 rings (SSSR count). The summed E-state index contributed by atoms with van der Waals surface area (Å²) in [5.74, 6) is 0.962. The summed E-state index contributed by atoms with van der Waals surface area (Å²) >= 11 is 0. The molecule has 3 unspecified atom stereocenters. The molecule has 2 fully saturated rings. The van der Waals surface area contributed by atoms with Crippen LogP contribution in [0.25, 0.3) is 0 Å². The van der Waals surface area contributed by atoms with Crippen LogP contribution in [0.3, 0.4) is 0 Å². The maximum Gasteiger partial charge on any atom is 0.225 e. The molecule has 1 heterocycles. The Hall–Kier alpha value is -0.320. The Kier molecular flexibility index (Phi) is 7.11. The van der Waals surface area contributed by atoms with Gasteiger partial charge in [0, 0.05) is 32.2 Å². The highest BCUT2D eigenvalue weighted by molar-refractivity contribution is 5.85. The minimum atomic E-state index is 0. The number of carbonyl (C=O) groups is 1. The first-order chi connectivity index (χ1) is 8.66. The summed E-state index contributed by atoms with van der Waals surface area (Å²) in [7, 11) is 1.93. The zero-order valence-corrected chi connectivity index (χ0v) is 12.7. The molecular formula is C14H27ClN2O2. The van der Waals surface area contributed by atoms with Gasteiger partial charge in [-0.2, -0.15) is 0 Å². The topological polar surface area (TPSA) is 55.6 Å². The molecule has 0 aromatic carbocycles. The van der Waals surface area contributed by atoms with Crippen LogP contribution in [0.1, 0.15) is 38.5 Å². The fourth-order valence-electron chi connectivity index (χ4n) is 3.19. The van der Waals surface area contributed by atoms with E-state index in [1.807, 2.05) is 11.9 Å². The second kappa shape index (κ2) is 8.08. The Morgan fingerprint density at radius 1 is 1.32 bits per heavy atom. The van der Waals surface area contributed by atoms with Crippen LogP contribution in [0.15, 0.2) is 0 Å². The third-order valence-corrected chi connectivity index (χ3v) is 4.23. The van der Waals surface area contributed by atoms with E-state index in [-0.39, 0.29) is 30.3 Å². The van der Waals surface area contributed by atoms with Crippen molar-refractivity contribution in [2.24, 2.45) is 17.6 Å². The Morgan fingerprint density at radius 3 is 2.74 bits per heavy atom. The van der Waals surface area contributed by atoms with Crippen LogP contribution in [0.5, 0.6) is 0 Å². The monoisotopic (exact) mass is 290 g/mol. The van der Waals surface area contributed by atoms with Crippen molar-refractivity contribution in [3.05, 3.63) is 0 Å². The lowest BCUT2D eigenvalue weighted by atomic mass is 9.85. The molecule has 1 saturated heterocycles. The van der Waals surface area contributed by atoms with Gasteiger partial charge in [-0.05, 0) is 38.0 Å². The largest absolute Gasteiger partial charge is 0.381 e. The van der Waals surface area contributed by atoms with Gasteiger partial charge in [0.05, 0.1) is 6.61 Å². The number of nitrogens with two attached hydrogens (primary N) is 1. The molecule has 0 bridgehead atoms. The summed E-state index contributed by atoms with van der Waals surface area (Å²) in [6, 6.07) is 0.221. The predicted molar refractivity (Wildman–Crippen MR) is 78.4 cm³/mol. The lowest BCUT2D eigenvalue weighted by Crippen LogP contribution is -2.41. The van der Waals surface area contributed by atoms with Crippen molar-refractivity contribution in [1.29, 1.82) is 0 Å². The molecule has 2 N–H and O–H groups in total. The van der Waals surface area contributed by atoms with Crippen LogP contribution >= 0.6 is 12.4 Å². The second-order valence-corrected chi connectivity index (χ2v) is 5.93. The normalized spacial score (nSPS) is 31.4. The van der Waals surface area contributed by atoms with Crippen LogP contribution < -0.4 is 5.73 Å². The highest BCUT2D eigenvalue weighted by Gasteiger charge is 2.28. The van der Waals surface area contributed by atoms with Crippen molar-refractivity contribution < 1.29 is 9.53 Å². The first-order valence-corrected chi connectivity index (χ1v) is 7.25. The molecule has 1 amide bonds. The molecule has 0 aromatic heterocycles. The van der Waals surface area contributed by atoms with Crippen LogP contribution in [-0.2, 0) is 9.53 Å². The van der Waals surface area contributed by atoms with Crippen molar-refractivity contribution in [2.75, 3.05) is 26.8 Å². The fraction of sp³-hybridized carbons (Fsp3) is 0.929. The SMILES string of the molecule is CN(CC1CCCOC1)C(=O)C1CCCC(N)C1.Cl. The molecule has 4 nitrogen and oxygen atoms in total. The maximum absolute atomic E-state index is 12.3. The van der Waals surface area contributed by atoms with Crippen molar-refractivity contribution in [2.45, 2.75) is 44.6 Å². The first-order valence-electron chi connectivity index (χ1n) is 7.25. The summed E-state index contributed by atoms with van der Waals surface area (Å²) in [6.45, 7) is 2.53. The van der Waals surface area contributed by atoms with Crippen molar-refractivity contribution in [3.8, 4) is 0 Å². The van der Waals surface area contributed by atoms with Gasteiger partial charge >= 0.3 is 0 Å². The van der Waals surface area contributed by atoms with Gasteiger partial charge in [0.15, 0.2) is 0 Å². The van der Waals surface area contributed by atoms with Gasteiger partial charge in [-0.3, -0.25) is 4.79 Å². The number of amides is 1. The number of halogens is 1. The van der Waals surface area contributed by atoms with E-state index >= 15 is 0 Å². The third kappa shape index (κ3) is 4.93. The van der Waals surface area contributed by atoms with E-state index in [9.17, 15) is 4.79 Å². The zero-order chi connectivity index (χ0) is 13.0. The van der Waals surface area contributed by atoms with Crippen LogP contribution in [0, 0.1) is 11.8 Å². The van der Waals surface area contributed by atoms with E-state index in [1.165, 1.54) is 6.42 Å². The van der Waals surface area contributed by atoms with E-state index in [4.69, 9.17) is 10.5 Å². The zero-order valence-electron chi connectivity index (χ0n) is 11.8. The van der Waals surface area contributed by atoms with E-state index in [0.29, 0.717) is 5.92 Å². The van der Waals surface area contributed by atoms with E-state index < -0.39 is 0 Å². The average Bonchev–Trinajstić information content (AvgIpc) is 2.39. The maximum atomic E-state index is 12.3.